The number of para-hydroxylation sites is 2. The van der Waals surface area contributed by atoms with Crippen LogP contribution in [0.15, 0.2) is 59.1 Å². The molecule has 1 atom stereocenters. The fourth-order valence-electron chi connectivity index (χ4n) is 1.93. The van der Waals surface area contributed by atoms with Crippen molar-refractivity contribution >= 4 is 33.2 Å². The van der Waals surface area contributed by atoms with Crippen LogP contribution in [0.25, 0.3) is 0 Å². The lowest BCUT2D eigenvalue weighted by molar-refractivity contribution is -0.116. The molecule has 0 radical (unpaired) electrons. The second kappa shape index (κ2) is 5.89. The summed E-state index contributed by atoms with van der Waals surface area (Å²) in [5.41, 5.74) is 2.62. The van der Waals surface area contributed by atoms with Crippen molar-refractivity contribution < 1.29 is 4.79 Å². The van der Waals surface area contributed by atoms with Crippen LogP contribution in [0, 0.1) is 0 Å². The van der Waals surface area contributed by atoms with E-state index in [9.17, 15) is 4.79 Å². The first-order chi connectivity index (χ1) is 9.15. The Bertz CT molecular complexity index is 575. The molecule has 2 N–H and O–H groups in total. The SMILES string of the molecule is C=C/C(Br)=C\C(=C/C)C1Nc2ccccc2NC1=O. The maximum atomic E-state index is 12.1. The maximum absolute atomic E-state index is 12.1. The van der Waals surface area contributed by atoms with Gasteiger partial charge in [-0.25, -0.2) is 0 Å². The number of benzene rings is 1. The molecule has 0 bridgehead atoms. The second-order valence-corrected chi connectivity index (χ2v) is 5.05. The molecule has 1 aliphatic heterocycles. The van der Waals surface area contributed by atoms with E-state index >= 15 is 0 Å². The molecule has 0 aromatic heterocycles. The van der Waals surface area contributed by atoms with Gasteiger partial charge in [-0.1, -0.05) is 46.8 Å². The van der Waals surface area contributed by atoms with Gasteiger partial charge in [0, 0.05) is 4.48 Å². The first-order valence-electron chi connectivity index (χ1n) is 5.98. The van der Waals surface area contributed by atoms with Gasteiger partial charge in [0.15, 0.2) is 0 Å². The summed E-state index contributed by atoms with van der Waals surface area (Å²) in [7, 11) is 0. The van der Waals surface area contributed by atoms with Gasteiger partial charge >= 0.3 is 0 Å². The highest BCUT2D eigenvalue weighted by Crippen LogP contribution is 2.28. The van der Waals surface area contributed by atoms with Crippen LogP contribution in [0.1, 0.15) is 6.92 Å². The summed E-state index contributed by atoms with van der Waals surface area (Å²) in [6.45, 7) is 5.59. The number of carbonyl (C=O) groups is 1. The number of allylic oxidation sites excluding steroid dienone is 3. The third-order valence-electron chi connectivity index (χ3n) is 2.91. The van der Waals surface area contributed by atoms with Crippen LogP contribution in [0.2, 0.25) is 0 Å². The molecule has 0 aliphatic carbocycles. The largest absolute Gasteiger partial charge is 0.368 e. The van der Waals surface area contributed by atoms with Crippen LogP contribution in [0.3, 0.4) is 0 Å². The second-order valence-electron chi connectivity index (χ2n) is 4.13. The first-order valence-corrected chi connectivity index (χ1v) is 6.77. The lowest BCUT2D eigenvalue weighted by Crippen LogP contribution is -2.39. The topological polar surface area (TPSA) is 41.1 Å². The minimum atomic E-state index is -0.396. The quantitative estimate of drug-likeness (QED) is 0.831. The zero-order chi connectivity index (χ0) is 13.8. The number of halogens is 1. The fraction of sp³-hybridized carbons (Fsp3) is 0.133. The molecule has 1 heterocycles. The molecule has 2 rings (SSSR count). The average Bonchev–Trinajstić information content (AvgIpc) is 2.44. The van der Waals surface area contributed by atoms with Gasteiger partial charge in [0.05, 0.1) is 11.4 Å². The van der Waals surface area contributed by atoms with Crippen LogP contribution < -0.4 is 10.6 Å². The molecule has 1 aliphatic rings. The van der Waals surface area contributed by atoms with Gasteiger partial charge in [-0.3, -0.25) is 4.79 Å². The molecule has 1 amide bonds. The van der Waals surface area contributed by atoms with Crippen molar-refractivity contribution in [3.05, 3.63) is 59.1 Å². The Kier molecular flexibility index (Phi) is 4.22. The van der Waals surface area contributed by atoms with Gasteiger partial charge in [0.25, 0.3) is 5.91 Å². The number of amides is 1. The molecule has 0 spiro atoms. The van der Waals surface area contributed by atoms with Crippen LogP contribution in [0.5, 0.6) is 0 Å². The highest BCUT2D eigenvalue weighted by atomic mass is 79.9. The number of hydrogen-bond donors (Lipinski definition) is 2. The number of carbonyl (C=O) groups excluding carboxylic acids is 1. The Labute approximate surface area is 121 Å². The number of rotatable bonds is 3. The average molecular weight is 319 g/mol. The van der Waals surface area contributed by atoms with Crippen molar-refractivity contribution in [1.82, 2.24) is 0 Å². The van der Waals surface area contributed by atoms with Crippen molar-refractivity contribution in [3.63, 3.8) is 0 Å². The zero-order valence-electron chi connectivity index (χ0n) is 10.6. The van der Waals surface area contributed by atoms with Crippen LogP contribution in [0.4, 0.5) is 11.4 Å². The Morgan fingerprint density at radius 1 is 1.37 bits per heavy atom. The summed E-state index contributed by atoms with van der Waals surface area (Å²) in [5, 5.41) is 6.15. The van der Waals surface area contributed by atoms with Crippen LogP contribution in [-0.4, -0.2) is 11.9 Å². The molecule has 98 valence electrons. The van der Waals surface area contributed by atoms with Crippen LogP contribution in [-0.2, 0) is 4.79 Å². The summed E-state index contributed by atoms with van der Waals surface area (Å²) in [6, 6.07) is 7.26. The van der Waals surface area contributed by atoms with Gasteiger partial charge in [-0.05, 0) is 30.7 Å². The number of anilines is 2. The third-order valence-corrected chi connectivity index (χ3v) is 3.47. The van der Waals surface area contributed by atoms with E-state index in [2.05, 4.69) is 33.1 Å². The molecular weight excluding hydrogens is 304 g/mol. The Morgan fingerprint density at radius 2 is 2.05 bits per heavy atom. The van der Waals surface area contributed by atoms with Gasteiger partial charge in [-0.2, -0.15) is 0 Å². The summed E-state index contributed by atoms with van der Waals surface area (Å²) in [5.74, 6) is -0.0626. The highest BCUT2D eigenvalue weighted by molar-refractivity contribution is 9.11. The van der Waals surface area contributed by atoms with E-state index in [-0.39, 0.29) is 5.91 Å². The predicted molar refractivity (Wildman–Crippen MR) is 83.4 cm³/mol. The Morgan fingerprint density at radius 3 is 2.68 bits per heavy atom. The molecule has 1 unspecified atom stereocenters. The molecule has 1 aromatic carbocycles. The number of hydrogen-bond acceptors (Lipinski definition) is 2. The van der Waals surface area contributed by atoms with Gasteiger partial charge in [0.1, 0.15) is 6.04 Å². The van der Waals surface area contributed by atoms with E-state index in [4.69, 9.17) is 0 Å². The fourth-order valence-corrected chi connectivity index (χ4v) is 2.19. The summed E-state index contributed by atoms with van der Waals surface area (Å²) in [6.07, 6.45) is 5.49. The van der Waals surface area contributed by atoms with Gasteiger partial charge < -0.3 is 10.6 Å². The minimum Gasteiger partial charge on any atom is -0.368 e. The molecule has 1 aromatic rings. The Hall–Kier alpha value is -1.81. The van der Waals surface area contributed by atoms with Crippen molar-refractivity contribution in [3.8, 4) is 0 Å². The molecular formula is C15H15BrN2O. The van der Waals surface area contributed by atoms with E-state index in [1.807, 2.05) is 43.3 Å². The highest BCUT2D eigenvalue weighted by Gasteiger charge is 2.26. The van der Waals surface area contributed by atoms with Crippen molar-refractivity contribution in [2.75, 3.05) is 10.6 Å². The van der Waals surface area contributed by atoms with E-state index in [0.717, 1.165) is 21.4 Å². The standard InChI is InChI=1S/C15H15BrN2O/c1-3-10(9-11(16)4-2)14-15(19)18-13-8-6-5-7-12(13)17-14/h3-9,14,17H,2H2,1H3,(H,18,19)/b10-3+,11-9+. The van der Waals surface area contributed by atoms with E-state index in [1.165, 1.54) is 0 Å². The third kappa shape index (κ3) is 2.96. The summed E-state index contributed by atoms with van der Waals surface area (Å²) < 4.78 is 0.842. The van der Waals surface area contributed by atoms with E-state index in [1.54, 1.807) is 6.08 Å². The first kappa shape index (κ1) is 13.6. The van der Waals surface area contributed by atoms with E-state index < -0.39 is 6.04 Å². The normalized spacial score (nSPS) is 19.3. The molecule has 0 fully saturated rings. The van der Waals surface area contributed by atoms with Gasteiger partial charge in [0.2, 0.25) is 0 Å². The van der Waals surface area contributed by atoms with Crippen LogP contribution >= 0.6 is 15.9 Å². The Balaban J connectivity index is 2.32. The molecule has 4 heteroatoms. The van der Waals surface area contributed by atoms with Crippen molar-refractivity contribution in [1.29, 1.82) is 0 Å². The molecule has 0 saturated carbocycles. The smallest absolute Gasteiger partial charge is 0.251 e. The molecule has 0 saturated heterocycles. The molecule has 3 nitrogen and oxygen atoms in total. The lowest BCUT2D eigenvalue weighted by Gasteiger charge is -2.27. The minimum absolute atomic E-state index is 0.0626. The monoisotopic (exact) mass is 318 g/mol. The predicted octanol–water partition coefficient (Wildman–Crippen LogP) is 3.83. The van der Waals surface area contributed by atoms with E-state index in [0.29, 0.717) is 0 Å². The summed E-state index contributed by atoms with van der Waals surface area (Å²) >= 11 is 3.38. The maximum Gasteiger partial charge on any atom is 0.251 e. The summed E-state index contributed by atoms with van der Waals surface area (Å²) in [4.78, 5) is 12.1. The van der Waals surface area contributed by atoms with Gasteiger partial charge in [-0.15, -0.1) is 0 Å². The zero-order valence-corrected chi connectivity index (χ0v) is 12.2. The molecule has 19 heavy (non-hydrogen) atoms. The number of fused-ring (bicyclic) bond motifs is 1. The van der Waals surface area contributed by atoms with Crippen molar-refractivity contribution in [2.45, 2.75) is 13.0 Å². The number of nitrogens with one attached hydrogen (secondary N) is 2. The lowest BCUT2D eigenvalue weighted by atomic mass is 10.0. The van der Waals surface area contributed by atoms with Crippen molar-refractivity contribution in [2.24, 2.45) is 0 Å².